The highest BCUT2D eigenvalue weighted by molar-refractivity contribution is 9.10. The maximum atomic E-state index is 13.8. The Morgan fingerprint density at radius 2 is 2.00 bits per heavy atom. The maximum Gasteiger partial charge on any atom is 0.293 e. The number of nitrogens with zero attached hydrogens (tertiary/aromatic N) is 1. The summed E-state index contributed by atoms with van der Waals surface area (Å²) in [6.07, 6.45) is 1.63. The van der Waals surface area contributed by atoms with Crippen LogP contribution in [-0.2, 0) is 11.4 Å². The minimum Gasteiger partial charge on any atom is -0.488 e. The Morgan fingerprint density at radius 1 is 1.23 bits per heavy atom. The normalized spacial score (nSPS) is 15.8. The van der Waals surface area contributed by atoms with Crippen LogP contribution >= 0.6 is 27.7 Å². The Bertz CT molecular complexity index is 900. The molecule has 0 radical (unpaired) electrons. The predicted molar refractivity (Wildman–Crippen MR) is 103 cm³/mol. The molecule has 0 spiro atoms. The smallest absolute Gasteiger partial charge is 0.293 e. The fourth-order valence-corrected chi connectivity index (χ4v) is 3.72. The van der Waals surface area contributed by atoms with Crippen LogP contribution < -0.4 is 4.74 Å². The lowest BCUT2D eigenvalue weighted by atomic mass is 10.1. The molecule has 1 aliphatic heterocycles. The number of hydrogen-bond donors (Lipinski definition) is 0. The predicted octanol–water partition coefficient (Wildman–Crippen LogP) is 5.22. The summed E-state index contributed by atoms with van der Waals surface area (Å²) in [6, 6.07) is 11.7. The van der Waals surface area contributed by atoms with Crippen molar-refractivity contribution in [3.05, 3.63) is 68.8 Å². The highest BCUT2D eigenvalue weighted by Crippen LogP contribution is 2.34. The molecule has 4 nitrogen and oxygen atoms in total. The Balaban J connectivity index is 1.87. The van der Waals surface area contributed by atoms with Crippen molar-refractivity contribution in [2.45, 2.75) is 13.5 Å². The molecule has 0 bridgehead atoms. The van der Waals surface area contributed by atoms with E-state index in [1.165, 1.54) is 11.0 Å². The molecule has 1 heterocycles. The van der Waals surface area contributed by atoms with Crippen LogP contribution in [0.4, 0.5) is 9.18 Å². The summed E-state index contributed by atoms with van der Waals surface area (Å²) in [5.41, 5.74) is 1.07. The van der Waals surface area contributed by atoms with Gasteiger partial charge in [0.1, 0.15) is 18.2 Å². The fourth-order valence-electron chi connectivity index (χ4n) is 2.45. The van der Waals surface area contributed by atoms with Gasteiger partial charge >= 0.3 is 0 Å². The van der Waals surface area contributed by atoms with Crippen LogP contribution in [-0.4, -0.2) is 22.6 Å². The summed E-state index contributed by atoms with van der Waals surface area (Å²) in [5.74, 6) is -0.155. The van der Waals surface area contributed by atoms with E-state index in [4.69, 9.17) is 4.74 Å². The third-order valence-electron chi connectivity index (χ3n) is 3.79. The average Bonchev–Trinajstić information content (AvgIpc) is 2.88. The quantitative estimate of drug-likeness (QED) is 0.603. The summed E-state index contributed by atoms with van der Waals surface area (Å²) in [7, 11) is 0. The summed E-state index contributed by atoms with van der Waals surface area (Å²) in [5, 5.41) is -0.285. The molecular weight excluding hydrogens is 421 g/mol. The van der Waals surface area contributed by atoms with Gasteiger partial charge in [-0.25, -0.2) is 4.39 Å². The van der Waals surface area contributed by atoms with Gasteiger partial charge in [-0.05, 0) is 49.0 Å². The van der Waals surface area contributed by atoms with E-state index in [0.717, 1.165) is 16.2 Å². The number of ether oxygens (including phenoxy) is 1. The summed E-state index contributed by atoms with van der Waals surface area (Å²) >= 11 is 4.29. The Morgan fingerprint density at radius 3 is 2.69 bits per heavy atom. The number of thioether (sulfide) groups is 1. The van der Waals surface area contributed by atoms with E-state index in [1.807, 2.05) is 0 Å². The van der Waals surface area contributed by atoms with Gasteiger partial charge in [-0.2, -0.15) is 0 Å². The van der Waals surface area contributed by atoms with Crippen LogP contribution in [0.5, 0.6) is 5.75 Å². The van der Waals surface area contributed by atoms with E-state index >= 15 is 0 Å². The van der Waals surface area contributed by atoms with Crippen molar-refractivity contribution >= 4 is 44.9 Å². The number of likely N-dealkylation sites (N-methyl/N-ethyl adjacent to an activating group) is 1. The summed E-state index contributed by atoms with van der Waals surface area (Å²) in [6.45, 7) is 2.14. The second-order valence-corrected chi connectivity index (χ2v) is 7.40. The molecule has 1 aliphatic rings. The first kappa shape index (κ1) is 18.7. The average molecular weight is 436 g/mol. The Kier molecular flexibility index (Phi) is 5.78. The maximum absolute atomic E-state index is 13.8. The van der Waals surface area contributed by atoms with E-state index in [-0.39, 0.29) is 23.6 Å². The molecule has 0 N–H and O–H groups in total. The number of benzene rings is 2. The van der Waals surface area contributed by atoms with Crippen molar-refractivity contribution in [3.63, 3.8) is 0 Å². The third-order valence-corrected chi connectivity index (χ3v) is 5.19. The first-order valence-electron chi connectivity index (χ1n) is 7.90. The molecule has 1 saturated heterocycles. The van der Waals surface area contributed by atoms with Gasteiger partial charge in [-0.3, -0.25) is 14.5 Å². The number of amides is 2. The molecule has 0 aliphatic carbocycles. The number of carbonyl (C=O) groups excluding carboxylic acids is 2. The minimum atomic E-state index is -0.338. The molecule has 0 aromatic heterocycles. The molecule has 1 fully saturated rings. The molecule has 0 atom stereocenters. The molecule has 3 rings (SSSR count). The van der Waals surface area contributed by atoms with Crippen LogP contribution in [0.1, 0.15) is 18.1 Å². The number of halogens is 2. The van der Waals surface area contributed by atoms with Gasteiger partial charge in [0.05, 0.1) is 4.91 Å². The molecule has 0 saturated carbocycles. The number of rotatable bonds is 5. The first-order chi connectivity index (χ1) is 12.5. The molecule has 0 unspecified atom stereocenters. The summed E-state index contributed by atoms with van der Waals surface area (Å²) in [4.78, 5) is 25.7. The second-order valence-electron chi connectivity index (χ2n) is 5.49. The lowest BCUT2D eigenvalue weighted by molar-refractivity contribution is -0.122. The molecule has 2 aromatic carbocycles. The van der Waals surface area contributed by atoms with E-state index in [9.17, 15) is 14.0 Å². The molecule has 2 amide bonds. The van der Waals surface area contributed by atoms with Crippen LogP contribution in [0.25, 0.3) is 6.08 Å². The topological polar surface area (TPSA) is 46.6 Å². The highest BCUT2D eigenvalue weighted by Gasteiger charge is 2.33. The SMILES string of the molecule is CCN1C(=O)S/C(=C\c2cc(Br)ccc2OCc2ccccc2F)C1=O. The molecular formula is C19H15BrFNO3S. The Hall–Kier alpha value is -2.12. The number of hydrogen-bond acceptors (Lipinski definition) is 4. The van der Waals surface area contributed by atoms with Crippen LogP contribution in [0, 0.1) is 5.82 Å². The van der Waals surface area contributed by atoms with Gasteiger partial charge < -0.3 is 4.74 Å². The van der Waals surface area contributed by atoms with Gasteiger partial charge in [0.15, 0.2) is 0 Å². The minimum absolute atomic E-state index is 0.0611. The van der Waals surface area contributed by atoms with Crippen molar-refractivity contribution in [1.82, 2.24) is 4.90 Å². The molecule has 2 aromatic rings. The van der Waals surface area contributed by atoms with Gasteiger partial charge in [-0.1, -0.05) is 34.1 Å². The van der Waals surface area contributed by atoms with Crippen molar-refractivity contribution in [3.8, 4) is 5.75 Å². The van der Waals surface area contributed by atoms with Crippen molar-refractivity contribution in [1.29, 1.82) is 0 Å². The largest absolute Gasteiger partial charge is 0.488 e. The van der Waals surface area contributed by atoms with Crippen molar-refractivity contribution < 1.29 is 18.7 Å². The molecule has 26 heavy (non-hydrogen) atoms. The Labute approximate surface area is 163 Å². The highest BCUT2D eigenvalue weighted by atomic mass is 79.9. The molecule has 7 heteroatoms. The van der Waals surface area contributed by atoms with E-state index in [2.05, 4.69) is 15.9 Å². The molecule has 134 valence electrons. The van der Waals surface area contributed by atoms with E-state index < -0.39 is 0 Å². The van der Waals surface area contributed by atoms with Crippen LogP contribution in [0.2, 0.25) is 0 Å². The fraction of sp³-hybridized carbons (Fsp3) is 0.158. The second kappa shape index (κ2) is 8.05. The van der Waals surface area contributed by atoms with Crippen molar-refractivity contribution in [2.75, 3.05) is 6.54 Å². The zero-order valence-corrected chi connectivity index (χ0v) is 16.3. The summed E-state index contributed by atoms with van der Waals surface area (Å²) < 4.78 is 20.3. The number of carbonyl (C=O) groups is 2. The van der Waals surface area contributed by atoms with Gasteiger partial charge in [0.2, 0.25) is 0 Å². The van der Waals surface area contributed by atoms with Gasteiger partial charge in [-0.15, -0.1) is 0 Å². The van der Waals surface area contributed by atoms with Crippen LogP contribution in [0.3, 0.4) is 0 Å². The lowest BCUT2D eigenvalue weighted by Crippen LogP contribution is -2.27. The first-order valence-corrected chi connectivity index (χ1v) is 9.51. The monoisotopic (exact) mass is 435 g/mol. The van der Waals surface area contributed by atoms with Gasteiger partial charge in [0.25, 0.3) is 11.1 Å². The van der Waals surface area contributed by atoms with Gasteiger partial charge in [0, 0.05) is 22.1 Å². The van der Waals surface area contributed by atoms with E-state index in [0.29, 0.717) is 28.3 Å². The third kappa shape index (κ3) is 3.99. The number of imide groups is 1. The zero-order valence-electron chi connectivity index (χ0n) is 13.9. The van der Waals surface area contributed by atoms with Crippen LogP contribution in [0.15, 0.2) is 51.8 Å². The van der Waals surface area contributed by atoms with Crippen molar-refractivity contribution in [2.24, 2.45) is 0 Å². The lowest BCUT2D eigenvalue weighted by Gasteiger charge is -2.11. The zero-order chi connectivity index (χ0) is 18.7. The standard InChI is InChI=1S/C19H15BrFNO3S/c1-2-22-18(23)17(26-19(22)24)10-13-9-14(20)7-8-16(13)25-11-12-5-3-4-6-15(12)21/h3-10H,2,11H2,1H3/b17-10-. The van der Waals surface area contributed by atoms with E-state index in [1.54, 1.807) is 49.4 Å².